The molecule has 10 nitrogen and oxygen atoms in total. The Morgan fingerprint density at radius 2 is 0.957 bits per heavy atom. The summed E-state index contributed by atoms with van der Waals surface area (Å²) >= 11 is 0. The van der Waals surface area contributed by atoms with Crippen molar-refractivity contribution in [1.29, 1.82) is 0 Å². The van der Waals surface area contributed by atoms with Crippen molar-refractivity contribution in [2.45, 2.75) is 13.8 Å². The Kier molecular flexibility index (Phi) is 10.8. The van der Waals surface area contributed by atoms with Crippen molar-refractivity contribution in [3.8, 4) is 0 Å². The summed E-state index contributed by atoms with van der Waals surface area (Å²) in [6, 6.07) is 0. The van der Waals surface area contributed by atoms with Crippen LogP contribution in [0.4, 0.5) is 0 Å². The van der Waals surface area contributed by atoms with Crippen molar-refractivity contribution < 1.29 is 24.0 Å². The molecule has 0 saturated heterocycles. The molecule has 0 fully saturated rings. The molecule has 0 saturated carbocycles. The lowest BCUT2D eigenvalue weighted by molar-refractivity contribution is -0.128. The van der Waals surface area contributed by atoms with Crippen LogP contribution in [0.1, 0.15) is 13.8 Å². The fourth-order valence-corrected chi connectivity index (χ4v) is 1.25. The van der Waals surface area contributed by atoms with Gasteiger partial charge in [0.15, 0.2) is 0 Å². The summed E-state index contributed by atoms with van der Waals surface area (Å²) in [6.45, 7) is 2.97. The molecule has 0 rings (SSSR count). The minimum absolute atomic E-state index is 0.0992. The number of rotatable bonds is 11. The molecule has 5 N–H and O–H groups in total. The quantitative estimate of drug-likeness (QED) is 0.268. The summed E-state index contributed by atoms with van der Waals surface area (Å²) < 4.78 is 0. The number of likely N-dealkylation sites (N-methyl/N-ethyl adjacent to an activating group) is 1. The average molecular weight is 329 g/mol. The van der Waals surface area contributed by atoms with E-state index < -0.39 is 17.7 Å². The van der Waals surface area contributed by atoms with E-state index in [1.54, 1.807) is 0 Å². The Bertz CT molecular complexity index is 452. The van der Waals surface area contributed by atoms with Crippen molar-refractivity contribution in [3.63, 3.8) is 0 Å². The third kappa shape index (κ3) is 12.9. The highest BCUT2D eigenvalue weighted by molar-refractivity contribution is 5.91. The summed E-state index contributed by atoms with van der Waals surface area (Å²) in [5.74, 6) is -2.11. The van der Waals surface area contributed by atoms with E-state index >= 15 is 0 Å². The van der Waals surface area contributed by atoms with Crippen LogP contribution in [0, 0.1) is 0 Å². The van der Waals surface area contributed by atoms with E-state index in [0.29, 0.717) is 6.54 Å². The lowest BCUT2D eigenvalue weighted by atomic mass is 10.4. The first-order chi connectivity index (χ1) is 10.8. The van der Waals surface area contributed by atoms with E-state index in [-0.39, 0.29) is 44.4 Å². The number of amides is 4. The molecule has 0 aliphatic heterocycles. The first-order valence-corrected chi connectivity index (χ1v) is 7.12. The van der Waals surface area contributed by atoms with Gasteiger partial charge in [-0.1, -0.05) is 6.92 Å². The number of nitrogens with one attached hydrogen (secondary N) is 5. The van der Waals surface area contributed by atoms with E-state index in [9.17, 15) is 24.0 Å². The molecule has 0 bridgehead atoms. The molecule has 130 valence electrons. The second-order valence-electron chi connectivity index (χ2n) is 4.59. The Morgan fingerprint density at radius 1 is 0.609 bits per heavy atom. The lowest BCUT2D eigenvalue weighted by Gasteiger charge is -2.08. The van der Waals surface area contributed by atoms with Crippen LogP contribution in [0.5, 0.6) is 0 Å². The molecular formula is C13H23N5O5. The first kappa shape index (κ1) is 20.5. The third-order valence-corrected chi connectivity index (χ3v) is 2.41. The molecule has 0 radical (unpaired) electrons. The van der Waals surface area contributed by atoms with Gasteiger partial charge >= 0.3 is 0 Å². The van der Waals surface area contributed by atoms with Crippen LogP contribution in [-0.4, -0.2) is 68.7 Å². The Balaban J connectivity index is 3.75. The molecule has 0 aromatic heterocycles. The number of carbonyl (C=O) groups is 5. The highest BCUT2D eigenvalue weighted by Gasteiger charge is 2.09. The van der Waals surface area contributed by atoms with Crippen LogP contribution in [0.3, 0.4) is 0 Å². The highest BCUT2D eigenvalue weighted by atomic mass is 16.2. The first-order valence-electron chi connectivity index (χ1n) is 7.12. The predicted molar refractivity (Wildman–Crippen MR) is 81.3 cm³/mol. The minimum Gasteiger partial charge on any atom is -0.348 e. The maximum Gasteiger partial charge on any atom is 0.239 e. The van der Waals surface area contributed by atoms with E-state index in [1.165, 1.54) is 6.92 Å². The zero-order valence-corrected chi connectivity index (χ0v) is 13.3. The number of hydrogen-bond donors (Lipinski definition) is 5. The smallest absolute Gasteiger partial charge is 0.239 e. The molecule has 0 aliphatic carbocycles. The van der Waals surface area contributed by atoms with Gasteiger partial charge in [0, 0.05) is 0 Å². The van der Waals surface area contributed by atoms with Crippen LogP contribution >= 0.6 is 0 Å². The summed E-state index contributed by atoms with van der Waals surface area (Å²) in [7, 11) is 0. The molecule has 0 aliphatic rings. The normalized spacial score (nSPS) is 9.65. The Morgan fingerprint density at radius 3 is 1.30 bits per heavy atom. The van der Waals surface area contributed by atoms with Crippen molar-refractivity contribution in [1.82, 2.24) is 26.6 Å². The van der Waals surface area contributed by atoms with Gasteiger partial charge in [-0.25, -0.2) is 0 Å². The zero-order valence-electron chi connectivity index (χ0n) is 13.3. The third-order valence-electron chi connectivity index (χ3n) is 2.41. The summed E-state index contributed by atoms with van der Waals surface area (Å²) in [6.07, 6.45) is 0. The van der Waals surface area contributed by atoms with E-state index in [4.69, 9.17) is 0 Å². The second kappa shape index (κ2) is 12.1. The summed E-state index contributed by atoms with van der Waals surface area (Å²) in [4.78, 5) is 55.9. The predicted octanol–water partition coefficient (Wildman–Crippen LogP) is -3.35. The van der Waals surface area contributed by atoms with Gasteiger partial charge in [0.1, 0.15) is 5.78 Å². The molecule has 0 aromatic carbocycles. The molecule has 0 unspecified atom stereocenters. The topological polar surface area (TPSA) is 146 Å². The summed E-state index contributed by atoms with van der Waals surface area (Å²) in [5, 5.41) is 12.1. The Hall–Kier alpha value is -2.49. The zero-order chi connectivity index (χ0) is 17.7. The van der Waals surface area contributed by atoms with E-state index in [1.807, 2.05) is 6.92 Å². The second-order valence-corrected chi connectivity index (χ2v) is 4.59. The van der Waals surface area contributed by atoms with Crippen LogP contribution in [0.2, 0.25) is 0 Å². The molecule has 0 spiro atoms. The number of carbonyl (C=O) groups excluding carboxylic acids is 5. The number of hydrogen-bond acceptors (Lipinski definition) is 6. The van der Waals surface area contributed by atoms with Gasteiger partial charge in [-0.05, 0) is 13.5 Å². The van der Waals surface area contributed by atoms with Crippen LogP contribution in [0.25, 0.3) is 0 Å². The standard InChI is InChI=1S/C13H23N5O5/c1-3-14-5-10(20)16-7-12(22)18-8-13(23)17-6-11(21)15-4-9(2)19/h14H,3-8H2,1-2H3,(H,15,21)(H,16,20)(H,17,23)(H,18,22). The van der Waals surface area contributed by atoms with Gasteiger partial charge in [0.05, 0.1) is 32.7 Å². The van der Waals surface area contributed by atoms with Gasteiger partial charge in [0.25, 0.3) is 0 Å². The maximum absolute atomic E-state index is 11.4. The molecule has 0 aromatic rings. The monoisotopic (exact) mass is 329 g/mol. The van der Waals surface area contributed by atoms with Crippen LogP contribution in [-0.2, 0) is 24.0 Å². The van der Waals surface area contributed by atoms with Crippen LogP contribution < -0.4 is 26.6 Å². The Labute approximate surface area is 134 Å². The van der Waals surface area contributed by atoms with Gasteiger partial charge in [-0.3, -0.25) is 24.0 Å². The SMILES string of the molecule is CCNCC(=O)NCC(=O)NCC(=O)NCC(=O)NCC(C)=O. The van der Waals surface area contributed by atoms with Crippen LogP contribution in [0.15, 0.2) is 0 Å². The summed E-state index contributed by atoms with van der Waals surface area (Å²) in [5.41, 5.74) is 0. The van der Waals surface area contributed by atoms with Crippen molar-refractivity contribution in [2.75, 3.05) is 39.3 Å². The van der Waals surface area contributed by atoms with Gasteiger partial charge in [-0.15, -0.1) is 0 Å². The maximum atomic E-state index is 11.4. The van der Waals surface area contributed by atoms with Crippen molar-refractivity contribution in [2.24, 2.45) is 0 Å². The molecule has 10 heteroatoms. The van der Waals surface area contributed by atoms with Gasteiger partial charge in [0.2, 0.25) is 23.6 Å². The molecule has 23 heavy (non-hydrogen) atoms. The molecule has 4 amide bonds. The minimum atomic E-state index is -0.560. The number of ketones is 1. The van der Waals surface area contributed by atoms with E-state index in [0.717, 1.165) is 0 Å². The highest BCUT2D eigenvalue weighted by Crippen LogP contribution is 1.72. The van der Waals surface area contributed by atoms with Gasteiger partial charge < -0.3 is 26.6 Å². The fraction of sp³-hybridized carbons (Fsp3) is 0.615. The fourth-order valence-electron chi connectivity index (χ4n) is 1.25. The molecular weight excluding hydrogens is 306 g/mol. The molecule has 0 atom stereocenters. The van der Waals surface area contributed by atoms with E-state index in [2.05, 4.69) is 26.6 Å². The number of Topliss-reactive ketones (excluding diaryl/α,β-unsaturated/α-hetero) is 1. The van der Waals surface area contributed by atoms with Crippen molar-refractivity contribution in [3.05, 3.63) is 0 Å². The molecule has 0 heterocycles. The van der Waals surface area contributed by atoms with Crippen molar-refractivity contribution >= 4 is 29.4 Å². The van der Waals surface area contributed by atoms with Gasteiger partial charge in [-0.2, -0.15) is 0 Å². The largest absolute Gasteiger partial charge is 0.348 e. The lowest BCUT2D eigenvalue weighted by Crippen LogP contribution is -2.45. The average Bonchev–Trinajstić information content (AvgIpc) is 2.52.